The number of carbonyl (C=O) groups excluding carboxylic acids is 1. The Balaban J connectivity index is 2.87. The SMILES string of the molecule is CCNC(=O)CN(CC)c1cc(N)cc(OC)c1. The van der Waals surface area contributed by atoms with Crippen molar-refractivity contribution in [1.29, 1.82) is 0 Å². The van der Waals surface area contributed by atoms with E-state index < -0.39 is 0 Å². The van der Waals surface area contributed by atoms with Crippen LogP contribution in [0.3, 0.4) is 0 Å². The van der Waals surface area contributed by atoms with Crippen LogP contribution in [0.4, 0.5) is 11.4 Å². The van der Waals surface area contributed by atoms with E-state index in [1.165, 1.54) is 0 Å². The lowest BCUT2D eigenvalue weighted by molar-refractivity contribution is -0.119. The van der Waals surface area contributed by atoms with Crippen molar-refractivity contribution < 1.29 is 9.53 Å². The highest BCUT2D eigenvalue weighted by Crippen LogP contribution is 2.25. The van der Waals surface area contributed by atoms with Crippen LogP contribution in [0.5, 0.6) is 5.75 Å². The van der Waals surface area contributed by atoms with Crippen molar-refractivity contribution in [1.82, 2.24) is 5.32 Å². The van der Waals surface area contributed by atoms with Gasteiger partial charge in [-0.25, -0.2) is 0 Å². The highest BCUT2D eigenvalue weighted by atomic mass is 16.5. The van der Waals surface area contributed by atoms with E-state index in [1.807, 2.05) is 30.9 Å². The molecule has 0 atom stereocenters. The van der Waals surface area contributed by atoms with Gasteiger partial charge in [-0.1, -0.05) is 0 Å². The average Bonchev–Trinajstić information content (AvgIpc) is 2.35. The molecule has 3 N–H and O–H groups in total. The summed E-state index contributed by atoms with van der Waals surface area (Å²) in [4.78, 5) is 13.6. The summed E-state index contributed by atoms with van der Waals surface area (Å²) in [5.74, 6) is 0.695. The topological polar surface area (TPSA) is 67.6 Å². The Hall–Kier alpha value is -1.91. The van der Waals surface area contributed by atoms with Gasteiger partial charge < -0.3 is 20.7 Å². The molecule has 0 radical (unpaired) electrons. The number of anilines is 2. The number of nitrogens with zero attached hydrogens (tertiary/aromatic N) is 1. The number of hydrogen-bond donors (Lipinski definition) is 2. The van der Waals surface area contributed by atoms with Crippen LogP contribution in [-0.2, 0) is 4.79 Å². The smallest absolute Gasteiger partial charge is 0.239 e. The minimum Gasteiger partial charge on any atom is -0.497 e. The molecule has 0 spiro atoms. The van der Waals surface area contributed by atoms with Gasteiger partial charge in [0.05, 0.1) is 13.7 Å². The molecule has 0 aromatic heterocycles. The average molecular weight is 251 g/mol. The lowest BCUT2D eigenvalue weighted by atomic mass is 10.2. The summed E-state index contributed by atoms with van der Waals surface area (Å²) in [5, 5.41) is 2.78. The summed E-state index contributed by atoms with van der Waals surface area (Å²) in [6, 6.07) is 5.47. The molecule has 0 saturated heterocycles. The van der Waals surface area contributed by atoms with Gasteiger partial charge in [0.2, 0.25) is 5.91 Å². The number of nitrogen functional groups attached to an aromatic ring is 1. The predicted molar refractivity (Wildman–Crippen MR) is 74.0 cm³/mol. The number of nitrogens with one attached hydrogen (secondary N) is 1. The monoisotopic (exact) mass is 251 g/mol. The van der Waals surface area contributed by atoms with E-state index in [4.69, 9.17) is 10.5 Å². The summed E-state index contributed by atoms with van der Waals surface area (Å²) in [6.07, 6.45) is 0. The number of methoxy groups -OCH3 is 1. The second-order valence-electron chi connectivity index (χ2n) is 3.93. The van der Waals surface area contributed by atoms with Crippen molar-refractivity contribution in [2.24, 2.45) is 0 Å². The molecule has 0 heterocycles. The van der Waals surface area contributed by atoms with Crippen molar-refractivity contribution in [3.8, 4) is 5.75 Å². The van der Waals surface area contributed by atoms with Gasteiger partial charge in [-0.3, -0.25) is 4.79 Å². The maximum atomic E-state index is 11.6. The Kier molecular flexibility index (Phi) is 5.30. The Morgan fingerprint density at radius 2 is 2.11 bits per heavy atom. The molecule has 100 valence electrons. The molecule has 1 amide bonds. The molecule has 0 aliphatic carbocycles. The molecule has 0 saturated carbocycles. The van der Waals surface area contributed by atoms with Crippen LogP contribution in [0, 0.1) is 0 Å². The van der Waals surface area contributed by atoms with Crippen LogP contribution >= 0.6 is 0 Å². The quantitative estimate of drug-likeness (QED) is 0.746. The highest BCUT2D eigenvalue weighted by Gasteiger charge is 2.11. The lowest BCUT2D eigenvalue weighted by Crippen LogP contribution is -2.37. The van der Waals surface area contributed by atoms with Gasteiger partial charge in [-0.15, -0.1) is 0 Å². The Morgan fingerprint density at radius 3 is 2.67 bits per heavy atom. The number of likely N-dealkylation sites (N-methyl/N-ethyl adjacent to an activating group) is 2. The molecule has 1 rings (SSSR count). The predicted octanol–water partition coefficient (Wildman–Crippen LogP) is 1.24. The van der Waals surface area contributed by atoms with Crippen molar-refractivity contribution in [2.45, 2.75) is 13.8 Å². The molecule has 1 aromatic rings. The van der Waals surface area contributed by atoms with Crippen LogP contribution in [0.25, 0.3) is 0 Å². The molecule has 0 aliphatic rings. The maximum absolute atomic E-state index is 11.6. The van der Waals surface area contributed by atoms with Crippen molar-refractivity contribution in [3.05, 3.63) is 18.2 Å². The Morgan fingerprint density at radius 1 is 1.39 bits per heavy atom. The fraction of sp³-hybridized carbons (Fsp3) is 0.462. The first-order valence-corrected chi connectivity index (χ1v) is 6.06. The van der Waals surface area contributed by atoms with Crippen LogP contribution in [0.15, 0.2) is 18.2 Å². The third kappa shape index (κ3) is 3.84. The molecular weight excluding hydrogens is 230 g/mol. The first kappa shape index (κ1) is 14.2. The molecule has 0 bridgehead atoms. The highest BCUT2D eigenvalue weighted by molar-refractivity contribution is 5.81. The normalized spacial score (nSPS) is 9.94. The molecule has 0 fully saturated rings. The second kappa shape index (κ2) is 6.74. The standard InChI is InChI=1S/C13H21N3O2/c1-4-15-13(17)9-16(5-2)11-6-10(14)7-12(8-11)18-3/h6-8H,4-5,9,14H2,1-3H3,(H,15,17). The van der Waals surface area contributed by atoms with Crippen LogP contribution in [0.2, 0.25) is 0 Å². The van der Waals surface area contributed by atoms with Gasteiger partial charge in [-0.05, 0) is 19.9 Å². The minimum atomic E-state index is 0.000686. The molecular formula is C13H21N3O2. The van der Waals surface area contributed by atoms with Gasteiger partial charge in [-0.2, -0.15) is 0 Å². The first-order valence-electron chi connectivity index (χ1n) is 6.06. The van der Waals surface area contributed by atoms with Crippen LogP contribution in [-0.4, -0.2) is 32.7 Å². The minimum absolute atomic E-state index is 0.000686. The van der Waals surface area contributed by atoms with E-state index in [0.717, 1.165) is 12.2 Å². The molecule has 0 unspecified atom stereocenters. The third-order valence-corrected chi connectivity index (χ3v) is 2.60. The summed E-state index contributed by atoms with van der Waals surface area (Å²) in [7, 11) is 1.60. The van der Waals surface area contributed by atoms with E-state index in [2.05, 4.69) is 5.32 Å². The number of nitrogens with two attached hydrogens (primary N) is 1. The summed E-state index contributed by atoms with van der Waals surface area (Å²) in [5.41, 5.74) is 7.32. The van der Waals surface area contributed by atoms with E-state index in [-0.39, 0.29) is 5.91 Å². The van der Waals surface area contributed by atoms with Gasteiger partial charge in [0, 0.05) is 36.6 Å². The van der Waals surface area contributed by atoms with E-state index >= 15 is 0 Å². The summed E-state index contributed by atoms with van der Waals surface area (Å²) >= 11 is 0. The number of benzene rings is 1. The van der Waals surface area contributed by atoms with Crippen molar-refractivity contribution >= 4 is 17.3 Å². The van der Waals surface area contributed by atoms with Gasteiger partial charge in [0.25, 0.3) is 0 Å². The fourth-order valence-electron chi connectivity index (χ4n) is 1.72. The molecule has 5 nitrogen and oxygen atoms in total. The molecule has 18 heavy (non-hydrogen) atoms. The number of amides is 1. The van der Waals surface area contributed by atoms with Gasteiger partial charge in [0.1, 0.15) is 5.75 Å². The summed E-state index contributed by atoms with van der Waals surface area (Å²) < 4.78 is 5.18. The van der Waals surface area contributed by atoms with Crippen LogP contribution < -0.4 is 20.7 Å². The fourth-order valence-corrected chi connectivity index (χ4v) is 1.72. The van der Waals surface area contributed by atoms with Crippen LogP contribution in [0.1, 0.15) is 13.8 Å². The molecule has 0 aliphatic heterocycles. The third-order valence-electron chi connectivity index (χ3n) is 2.60. The van der Waals surface area contributed by atoms with Gasteiger partial charge in [0.15, 0.2) is 0 Å². The first-order chi connectivity index (χ1) is 8.60. The van der Waals surface area contributed by atoms with Crippen molar-refractivity contribution in [2.75, 3.05) is 37.4 Å². The largest absolute Gasteiger partial charge is 0.497 e. The Labute approximate surface area is 108 Å². The van der Waals surface area contributed by atoms with E-state index in [1.54, 1.807) is 13.2 Å². The van der Waals surface area contributed by atoms with Gasteiger partial charge >= 0.3 is 0 Å². The zero-order valence-corrected chi connectivity index (χ0v) is 11.2. The lowest BCUT2D eigenvalue weighted by Gasteiger charge is -2.23. The number of carbonyl (C=O) groups is 1. The number of rotatable bonds is 6. The maximum Gasteiger partial charge on any atom is 0.239 e. The second-order valence-corrected chi connectivity index (χ2v) is 3.93. The molecule has 1 aromatic carbocycles. The zero-order chi connectivity index (χ0) is 13.5. The number of ether oxygens (including phenoxy) is 1. The molecule has 5 heteroatoms. The van der Waals surface area contributed by atoms with E-state index in [0.29, 0.717) is 24.5 Å². The summed E-state index contributed by atoms with van der Waals surface area (Å²) in [6.45, 7) is 5.57. The Bertz CT molecular complexity index is 407. The zero-order valence-electron chi connectivity index (χ0n) is 11.2. The van der Waals surface area contributed by atoms with Crippen molar-refractivity contribution in [3.63, 3.8) is 0 Å². The number of hydrogen-bond acceptors (Lipinski definition) is 4. The van der Waals surface area contributed by atoms with E-state index in [9.17, 15) is 4.79 Å².